The first kappa shape index (κ1) is 9.92. The summed E-state index contributed by atoms with van der Waals surface area (Å²) in [5.74, 6) is 0. The van der Waals surface area contributed by atoms with Gasteiger partial charge in [0.2, 0.25) is 0 Å². The van der Waals surface area contributed by atoms with Gasteiger partial charge in [-0.1, -0.05) is 25.7 Å². The van der Waals surface area contributed by atoms with E-state index in [4.69, 9.17) is 4.89 Å². The summed E-state index contributed by atoms with van der Waals surface area (Å²) in [6.07, 6.45) is 7.48. The predicted octanol–water partition coefficient (Wildman–Crippen LogP) is 1.30. The SMILES string of the molecule is C1CCCCOONNCCC1. The molecule has 1 rings (SSSR count). The van der Waals surface area contributed by atoms with Crippen LogP contribution in [-0.4, -0.2) is 13.2 Å². The third-order valence-electron chi connectivity index (χ3n) is 1.95. The lowest BCUT2D eigenvalue weighted by molar-refractivity contribution is -0.346. The van der Waals surface area contributed by atoms with E-state index in [0.29, 0.717) is 6.61 Å². The summed E-state index contributed by atoms with van der Waals surface area (Å²) in [5.41, 5.74) is 5.44. The average Bonchev–Trinajstić information content (AvgIpc) is 2.05. The fraction of sp³-hybridized carbons (Fsp3) is 1.00. The lowest BCUT2D eigenvalue weighted by atomic mass is 10.1. The first-order valence-corrected chi connectivity index (χ1v) is 4.76. The first-order chi connectivity index (χ1) is 6.00. The van der Waals surface area contributed by atoms with E-state index in [-0.39, 0.29) is 0 Å². The molecular weight excluding hydrogens is 156 g/mol. The van der Waals surface area contributed by atoms with E-state index in [1.807, 2.05) is 0 Å². The molecule has 2 N–H and O–H groups in total. The maximum absolute atomic E-state index is 4.83. The molecule has 0 radical (unpaired) electrons. The second kappa shape index (κ2) is 7.49. The van der Waals surface area contributed by atoms with Crippen molar-refractivity contribution < 1.29 is 9.88 Å². The van der Waals surface area contributed by atoms with Crippen LogP contribution in [0.4, 0.5) is 0 Å². The lowest BCUT2D eigenvalue weighted by Gasteiger charge is -2.08. The number of hydrogen-bond donors (Lipinski definition) is 2. The number of hydrogen-bond acceptors (Lipinski definition) is 4. The van der Waals surface area contributed by atoms with Crippen LogP contribution in [0.5, 0.6) is 0 Å². The minimum atomic E-state index is 0.675. The maximum atomic E-state index is 4.83. The Hall–Kier alpha value is -0.160. The summed E-state index contributed by atoms with van der Waals surface area (Å²) in [6, 6.07) is 0. The van der Waals surface area contributed by atoms with Crippen LogP contribution in [0, 0.1) is 0 Å². The van der Waals surface area contributed by atoms with Crippen molar-refractivity contribution in [2.45, 2.75) is 38.5 Å². The van der Waals surface area contributed by atoms with Crippen molar-refractivity contribution in [3.63, 3.8) is 0 Å². The Morgan fingerprint density at radius 1 is 0.833 bits per heavy atom. The number of hydrazine groups is 1. The second-order valence-electron chi connectivity index (χ2n) is 3.06. The Labute approximate surface area is 73.5 Å². The molecule has 0 aliphatic carbocycles. The predicted molar refractivity (Wildman–Crippen MR) is 45.9 cm³/mol. The summed E-state index contributed by atoms with van der Waals surface area (Å²) in [7, 11) is 0. The molecule has 0 aromatic carbocycles. The Morgan fingerprint density at radius 3 is 2.50 bits per heavy atom. The number of rotatable bonds is 0. The fourth-order valence-electron chi connectivity index (χ4n) is 1.23. The normalized spacial score (nSPS) is 24.0. The van der Waals surface area contributed by atoms with Gasteiger partial charge in [0.1, 0.15) is 0 Å². The molecule has 4 heteroatoms. The van der Waals surface area contributed by atoms with Gasteiger partial charge in [0.15, 0.2) is 0 Å². The molecular formula is C8H18N2O2. The van der Waals surface area contributed by atoms with Gasteiger partial charge >= 0.3 is 0 Å². The van der Waals surface area contributed by atoms with Crippen LogP contribution in [0.1, 0.15) is 38.5 Å². The van der Waals surface area contributed by atoms with Gasteiger partial charge in [0.05, 0.1) is 6.61 Å². The van der Waals surface area contributed by atoms with Crippen molar-refractivity contribution >= 4 is 0 Å². The molecule has 0 bridgehead atoms. The van der Waals surface area contributed by atoms with Gasteiger partial charge in [-0.3, -0.25) is 0 Å². The highest BCUT2D eigenvalue weighted by Gasteiger charge is 1.94. The van der Waals surface area contributed by atoms with E-state index in [1.165, 1.54) is 32.1 Å². The highest BCUT2D eigenvalue weighted by Crippen LogP contribution is 2.05. The van der Waals surface area contributed by atoms with E-state index in [2.05, 4.69) is 16.0 Å². The molecule has 4 nitrogen and oxygen atoms in total. The average molecular weight is 174 g/mol. The second-order valence-corrected chi connectivity index (χ2v) is 3.06. The highest BCUT2D eigenvalue weighted by atomic mass is 17.3. The fourth-order valence-corrected chi connectivity index (χ4v) is 1.23. The largest absolute Gasteiger partial charge is 0.232 e. The van der Waals surface area contributed by atoms with Gasteiger partial charge in [0.25, 0.3) is 0 Å². The van der Waals surface area contributed by atoms with Crippen LogP contribution < -0.4 is 11.0 Å². The molecule has 1 aliphatic heterocycles. The van der Waals surface area contributed by atoms with E-state index in [1.54, 1.807) is 0 Å². The quantitative estimate of drug-likeness (QED) is 0.543. The molecule has 0 saturated carbocycles. The Morgan fingerprint density at radius 2 is 1.58 bits per heavy atom. The summed E-state index contributed by atoms with van der Waals surface area (Å²) in [4.78, 5) is 9.48. The summed E-state index contributed by atoms with van der Waals surface area (Å²) >= 11 is 0. The van der Waals surface area contributed by atoms with Crippen molar-refractivity contribution in [1.29, 1.82) is 0 Å². The summed E-state index contributed by atoms with van der Waals surface area (Å²) in [6.45, 7) is 1.61. The highest BCUT2D eigenvalue weighted by molar-refractivity contribution is 4.46. The maximum Gasteiger partial charge on any atom is 0.0842 e. The van der Waals surface area contributed by atoms with Crippen LogP contribution in [0.15, 0.2) is 0 Å². The minimum absolute atomic E-state index is 0.675. The topological polar surface area (TPSA) is 42.5 Å². The van der Waals surface area contributed by atoms with E-state index >= 15 is 0 Å². The lowest BCUT2D eigenvalue weighted by Crippen LogP contribution is -2.32. The third-order valence-corrected chi connectivity index (χ3v) is 1.95. The molecule has 12 heavy (non-hydrogen) atoms. The van der Waals surface area contributed by atoms with E-state index < -0.39 is 0 Å². The van der Waals surface area contributed by atoms with Gasteiger partial charge in [0, 0.05) is 6.54 Å². The molecule has 1 aliphatic rings. The standard InChI is InChI=1S/C8H18N2O2/c1-2-4-6-8-11-12-10-9-7-5-3-1/h9-10H,1-8H2. The molecule has 0 aromatic rings. The van der Waals surface area contributed by atoms with Gasteiger partial charge in [-0.2, -0.15) is 0 Å². The van der Waals surface area contributed by atoms with Crippen molar-refractivity contribution in [2.75, 3.05) is 13.2 Å². The molecule has 1 saturated heterocycles. The summed E-state index contributed by atoms with van der Waals surface area (Å²) in [5, 5.41) is 0. The Bertz CT molecular complexity index is 58.0. The Kier molecular flexibility index (Phi) is 6.19. The summed E-state index contributed by atoms with van der Waals surface area (Å²) < 4.78 is 0. The minimum Gasteiger partial charge on any atom is -0.232 e. The molecule has 0 amide bonds. The van der Waals surface area contributed by atoms with Crippen molar-refractivity contribution in [3.05, 3.63) is 0 Å². The van der Waals surface area contributed by atoms with Gasteiger partial charge in [-0.05, 0) is 12.8 Å². The molecule has 0 spiro atoms. The van der Waals surface area contributed by atoms with Gasteiger partial charge in [-0.15, -0.1) is 10.6 Å². The first-order valence-electron chi connectivity index (χ1n) is 4.76. The van der Waals surface area contributed by atoms with Crippen LogP contribution >= 0.6 is 0 Å². The van der Waals surface area contributed by atoms with Crippen molar-refractivity contribution in [3.8, 4) is 0 Å². The van der Waals surface area contributed by atoms with Crippen molar-refractivity contribution in [2.24, 2.45) is 0 Å². The zero-order valence-corrected chi connectivity index (χ0v) is 7.47. The van der Waals surface area contributed by atoms with Crippen LogP contribution in [0.3, 0.4) is 0 Å². The van der Waals surface area contributed by atoms with E-state index in [0.717, 1.165) is 13.0 Å². The smallest absolute Gasteiger partial charge is 0.0842 e. The zero-order chi connectivity index (χ0) is 8.49. The number of nitrogens with one attached hydrogen (secondary N) is 2. The molecule has 1 fully saturated rings. The molecule has 0 atom stereocenters. The molecule has 0 aromatic heterocycles. The monoisotopic (exact) mass is 174 g/mol. The molecule has 72 valence electrons. The van der Waals surface area contributed by atoms with Crippen LogP contribution in [0.25, 0.3) is 0 Å². The van der Waals surface area contributed by atoms with Crippen molar-refractivity contribution in [1.82, 2.24) is 11.0 Å². The van der Waals surface area contributed by atoms with Gasteiger partial charge in [-0.25, -0.2) is 10.3 Å². The third kappa shape index (κ3) is 5.49. The van der Waals surface area contributed by atoms with Crippen LogP contribution in [0.2, 0.25) is 0 Å². The Balaban J connectivity index is 2.00. The zero-order valence-electron chi connectivity index (χ0n) is 7.47. The van der Waals surface area contributed by atoms with Crippen LogP contribution in [-0.2, 0) is 9.88 Å². The molecule has 0 unspecified atom stereocenters. The molecule has 1 heterocycles. The van der Waals surface area contributed by atoms with Gasteiger partial charge < -0.3 is 0 Å². The van der Waals surface area contributed by atoms with E-state index in [9.17, 15) is 0 Å².